The second kappa shape index (κ2) is 11.4. The predicted octanol–water partition coefficient (Wildman–Crippen LogP) is -0.129. The van der Waals surface area contributed by atoms with Crippen LogP contribution in [0.3, 0.4) is 0 Å². The molecule has 0 bridgehead atoms. The first-order chi connectivity index (χ1) is 12.4. The van der Waals surface area contributed by atoms with E-state index in [1.54, 1.807) is 45.0 Å². The Kier molecular flexibility index (Phi) is 10.1. The van der Waals surface area contributed by atoms with Crippen LogP contribution in [-0.4, -0.2) is 42.5 Å². The van der Waals surface area contributed by atoms with Gasteiger partial charge in [0, 0.05) is 6.08 Å². The summed E-state index contributed by atoms with van der Waals surface area (Å²) in [5.41, 5.74) is 14.7. The number of amides is 3. The van der Waals surface area contributed by atoms with Gasteiger partial charge < -0.3 is 26.7 Å². The molecule has 1 aromatic rings. The van der Waals surface area contributed by atoms with Crippen LogP contribution in [0.2, 0.25) is 0 Å². The summed E-state index contributed by atoms with van der Waals surface area (Å²) >= 11 is 0. The van der Waals surface area contributed by atoms with Gasteiger partial charge in [-0.15, -0.1) is 0 Å². The Morgan fingerprint density at radius 2 is 1.41 bits per heavy atom. The lowest BCUT2D eigenvalue weighted by molar-refractivity contribution is -0.148. The van der Waals surface area contributed by atoms with Gasteiger partial charge in [-0.2, -0.15) is 0 Å². The first-order valence-corrected chi connectivity index (χ1v) is 7.86. The summed E-state index contributed by atoms with van der Waals surface area (Å²) in [5, 5.41) is 0. The number of benzene rings is 1. The maximum absolute atomic E-state index is 11.6. The Morgan fingerprint density at radius 1 is 0.926 bits per heavy atom. The monoisotopic (exact) mass is 379 g/mol. The fourth-order valence-electron chi connectivity index (χ4n) is 1.62. The SMILES string of the molecule is CC(C)(C)OC(=O)C=C(C(N)=O)c1ccccc1.NC(=O)COCC(N)=O. The minimum absolute atomic E-state index is 0.143. The van der Waals surface area contributed by atoms with Crippen LogP contribution in [0.1, 0.15) is 26.3 Å². The highest BCUT2D eigenvalue weighted by atomic mass is 16.6. The Balaban J connectivity index is 0.000000636. The van der Waals surface area contributed by atoms with E-state index in [0.29, 0.717) is 5.56 Å². The minimum atomic E-state index is -0.660. The van der Waals surface area contributed by atoms with Crippen molar-refractivity contribution >= 4 is 29.3 Å². The molecule has 0 aliphatic rings. The second-order valence-electron chi connectivity index (χ2n) is 6.25. The summed E-state index contributed by atoms with van der Waals surface area (Å²) in [6.45, 7) is 4.74. The smallest absolute Gasteiger partial charge is 0.332 e. The van der Waals surface area contributed by atoms with Gasteiger partial charge in [0.2, 0.25) is 17.7 Å². The Hall–Kier alpha value is -3.20. The molecule has 0 aliphatic heterocycles. The quantitative estimate of drug-likeness (QED) is 0.441. The highest BCUT2D eigenvalue weighted by Crippen LogP contribution is 2.15. The summed E-state index contributed by atoms with van der Waals surface area (Å²) < 4.78 is 9.52. The maximum atomic E-state index is 11.6. The average molecular weight is 379 g/mol. The number of ether oxygens (including phenoxy) is 2. The van der Waals surface area contributed by atoms with E-state index in [1.807, 2.05) is 6.07 Å². The van der Waals surface area contributed by atoms with Gasteiger partial charge in [-0.05, 0) is 26.3 Å². The largest absolute Gasteiger partial charge is 0.457 e. The molecule has 0 heterocycles. The number of esters is 1. The molecule has 1 rings (SSSR count). The van der Waals surface area contributed by atoms with Crippen molar-refractivity contribution in [3.63, 3.8) is 0 Å². The van der Waals surface area contributed by atoms with Gasteiger partial charge in [0.05, 0.1) is 5.57 Å². The first kappa shape index (κ1) is 23.8. The predicted molar refractivity (Wildman–Crippen MR) is 98.7 cm³/mol. The van der Waals surface area contributed by atoms with E-state index in [2.05, 4.69) is 16.2 Å². The van der Waals surface area contributed by atoms with Crippen LogP contribution in [0.15, 0.2) is 36.4 Å². The molecule has 1 aromatic carbocycles. The van der Waals surface area contributed by atoms with Crippen molar-refractivity contribution in [1.29, 1.82) is 0 Å². The summed E-state index contributed by atoms with van der Waals surface area (Å²) in [5.74, 6) is -2.47. The molecule has 27 heavy (non-hydrogen) atoms. The lowest BCUT2D eigenvalue weighted by Gasteiger charge is -2.18. The molecule has 0 fully saturated rings. The summed E-state index contributed by atoms with van der Waals surface area (Å²) in [7, 11) is 0. The fourth-order valence-corrected chi connectivity index (χ4v) is 1.62. The summed E-state index contributed by atoms with van der Waals surface area (Å²) in [6, 6.07) is 8.76. The third-order valence-electron chi connectivity index (χ3n) is 2.51. The van der Waals surface area contributed by atoms with Gasteiger partial charge in [-0.1, -0.05) is 30.3 Å². The third kappa shape index (κ3) is 12.8. The highest BCUT2D eigenvalue weighted by Gasteiger charge is 2.17. The number of hydrogen-bond donors (Lipinski definition) is 3. The number of hydrogen-bond acceptors (Lipinski definition) is 6. The van der Waals surface area contributed by atoms with Crippen molar-refractivity contribution in [3.8, 4) is 0 Å². The number of primary amides is 3. The molecular formula is C18H25N3O6. The number of carbonyl (C=O) groups is 4. The maximum Gasteiger partial charge on any atom is 0.332 e. The van der Waals surface area contributed by atoms with Gasteiger partial charge in [0.25, 0.3) is 0 Å². The van der Waals surface area contributed by atoms with Crippen LogP contribution in [0.4, 0.5) is 0 Å². The van der Waals surface area contributed by atoms with E-state index in [4.69, 9.17) is 10.5 Å². The minimum Gasteiger partial charge on any atom is -0.457 e. The van der Waals surface area contributed by atoms with Crippen LogP contribution in [0, 0.1) is 0 Å². The Morgan fingerprint density at radius 3 is 1.78 bits per heavy atom. The van der Waals surface area contributed by atoms with Crippen LogP contribution < -0.4 is 17.2 Å². The van der Waals surface area contributed by atoms with Crippen molar-refractivity contribution in [2.24, 2.45) is 17.2 Å². The van der Waals surface area contributed by atoms with Crippen molar-refractivity contribution < 1.29 is 28.7 Å². The number of rotatable bonds is 7. The zero-order valence-corrected chi connectivity index (χ0v) is 15.6. The normalized spacial score (nSPS) is 11.0. The molecule has 0 saturated carbocycles. The van der Waals surface area contributed by atoms with Crippen molar-refractivity contribution in [2.75, 3.05) is 13.2 Å². The van der Waals surface area contributed by atoms with E-state index in [9.17, 15) is 19.2 Å². The molecule has 3 amide bonds. The molecule has 0 atom stereocenters. The van der Waals surface area contributed by atoms with Crippen molar-refractivity contribution in [3.05, 3.63) is 42.0 Å². The molecule has 6 N–H and O–H groups in total. The molecule has 0 spiro atoms. The molecule has 0 saturated heterocycles. The van der Waals surface area contributed by atoms with Crippen LogP contribution in [0.5, 0.6) is 0 Å². The van der Waals surface area contributed by atoms with E-state index < -0.39 is 29.3 Å². The molecular weight excluding hydrogens is 354 g/mol. The van der Waals surface area contributed by atoms with Gasteiger partial charge in [0.1, 0.15) is 18.8 Å². The number of nitrogens with two attached hydrogens (primary N) is 3. The van der Waals surface area contributed by atoms with E-state index in [-0.39, 0.29) is 18.8 Å². The lowest BCUT2D eigenvalue weighted by Crippen LogP contribution is -2.24. The standard InChI is InChI=1S/C14H17NO3.C4H8N2O3/c1-14(2,3)18-12(16)9-11(13(15)17)10-7-5-4-6-8-10;5-3(7)1-9-2-4(6)8/h4-9H,1-3H3,(H2,15,17);1-2H2,(H2,5,7)(H2,6,8). The lowest BCUT2D eigenvalue weighted by atomic mass is 10.1. The van der Waals surface area contributed by atoms with E-state index in [0.717, 1.165) is 6.08 Å². The second-order valence-corrected chi connectivity index (χ2v) is 6.25. The zero-order valence-electron chi connectivity index (χ0n) is 15.6. The topological polar surface area (TPSA) is 165 Å². The zero-order chi connectivity index (χ0) is 21.0. The van der Waals surface area contributed by atoms with Gasteiger partial charge in [-0.25, -0.2) is 4.79 Å². The molecule has 0 aliphatic carbocycles. The fraction of sp³-hybridized carbons (Fsp3) is 0.333. The molecule has 0 radical (unpaired) electrons. The molecule has 0 unspecified atom stereocenters. The highest BCUT2D eigenvalue weighted by molar-refractivity contribution is 6.22. The van der Waals surface area contributed by atoms with Crippen molar-refractivity contribution in [1.82, 2.24) is 0 Å². The van der Waals surface area contributed by atoms with Gasteiger partial charge in [0.15, 0.2) is 0 Å². The number of carbonyl (C=O) groups excluding carboxylic acids is 4. The molecule has 0 aromatic heterocycles. The summed E-state index contributed by atoms with van der Waals surface area (Å²) in [4.78, 5) is 42.8. The van der Waals surface area contributed by atoms with Crippen LogP contribution >= 0.6 is 0 Å². The van der Waals surface area contributed by atoms with Crippen molar-refractivity contribution in [2.45, 2.75) is 26.4 Å². The van der Waals surface area contributed by atoms with E-state index >= 15 is 0 Å². The van der Waals surface area contributed by atoms with E-state index in [1.165, 1.54) is 0 Å². The van der Waals surface area contributed by atoms with Gasteiger partial charge in [-0.3, -0.25) is 14.4 Å². The average Bonchev–Trinajstić information content (AvgIpc) is 2.51. The Labute approximate surface area is 157 Å². The van der Waals surface area contributed by atoms with Gasteiger partial charge >= 0.3 is 5.97 Å². The molecule has 9 heteroatoms. The molecule has 9 nitrogen and oxygen atoms in total. The first-order valence-electron chi connectivity index (χ1n) is 7.86. The van der Waals surface area contributed by atoms with Crippen LogP contribution in [0.25, 0.3) is 5.57 Å². The third-order valence-corrected chi connectivity index (χ3v) is 2.51. The Bertz CT molecular complexity index is 679. The van der Waals surface area contributed by atoms with Crippen LogP contribution in [-0.2, 0) is 28.7 Å². The molecule has 148 valence electrons. The summed E-state index contributed by atoms with van der Waals surface area (Å²) in [6.07, 6.45) is 1.13.